The molecule has 0 fully saturated rings. The van der Waals surface area contributed by atoms with Crippen molar-refractivity contribution in [3.05, 3.63) is 11.1 Å². The van der Waals surface area contributed by atoms with Gasteiger partial charge in [0.15, 0.2) is 10.9 Å². The average Bonchev–Trinajstić information content (AvgIpc) is 2.61. The maximum Gasteiger partial charge on any atom is 0.226 e. The van der Waals surface area contributed by atoms with Gasteiger partial charge in [0.2, 0.25) is 5.91 Å². The number of amides is 1. The Labute approximate surface area is 117 Å². The van der Waals surface area contributed by atoms with E-state index in [-0.39, 0.29) is 29.7 Å². The van der Waals surface area contributed by atoms with Crippen molar-refractivity contribution in [2.75, 3.05) is 5.32 Å². The number of ketones is 1. The monoisotopic (exact) mass is 283 g/mol. The summed E-state index contributed by atoms with van der Waals surface area (Å²) in [6.07, 6.45) is 0.254. The molecule has 0 aliphatic carbocycles. The molecule has 106 valence electrons. The second kappa shape index (κ2) is 6.14. The topological polar surface area (TPSA) is 71.1 Å². The smallest absolute Gasteiger partial charge is 0.226 e. The molecule has 0 bridgehead atoms. The Balaban J connectivity index is 2.56. The van der Waals surface area contributed by atoms with Gasteiger partial charge < -0.3 is 10.6 Å². The third kappa shape index (κ3) is 5.83. The molecule has 0 saturated heterocycles. The molecule has 1 atom stereocenters. The molecule has 1 heterocycles. The van der Waals surface area contributed by atoms with Crippen LogP contribution in [-0.4, -0.2) is 28.3 Å². The zero-order chi connectivity index (χ0) is 14.6. The molecule has 2 N–H and O–H groups in total. The molecule has 0 saturated carbocycles. The molecule has 6 heteroatoms. The van der Waals surface area contributed by atoms with Gasteiger partial charge in [0, 0.05) is 10.9 Å². The third-order valence-electron chi connectivity index (χ3n) is 2.36. The molecule has 1 aromatic heterocycles. The van der Waals surface area contributed by atoms with Gasteiger partial charge in [-0.25, -0.2) is 4.98 Å². The van der Waals surface area contributed by atoms with Gasteiger partial charge in [-0.05, 0) is 34.6 Å². The number of thiazole rings is 1. The zero-order valence-electron chi connectivity index (χ0n) is 12.0. The molecule has 0 aromatic carbocycles. The Bertz CT molecular complexity index is 463. The Hall–Kier alpha value is -1.43. The first kappa shape index (κ1) is 15.6. The van der Waals surface area contributed by atoms with Crippen LogP contribution in [-0.2, 0) is 16.0 Å². The second-order valence-corrected chi connectivity index (χ2v) is 6.45. The number of Topliss-reactive ketones (excluding diaryl/α,β-unsaturated/α-hetero) is 1. The lowest BCUT2D eigenvalue weighted by atomic mass is 10.1. The molecule has 1 rings (SSSR count). The highest BCUT2D eigenvalue weighted by atomic mass is 32.1. The van der Waals surface area contributed by atoms with E-state index < -0.39 is 0 Å². The van der Waals surface area contributed by atoms with E-state index in [0.717, 1.165) is 0 Å². The predicted molar refractivity (Wildman–Crippen MR) is 77.5 cm³/mol. The van der Waals surface area contributed by atoms with E-state index in [1.54, 1.807) is 6.92 Å². The van der Waals surface area contributed by atoms with Gasteiger partial charge in [0.1, 0.15) is 0 Å². The van der Waals surface area contributed by atoms with Crippen LogP contribution in [0.5, 0.6) is 0 Å². The minimum atomic E-state index is -0.262. The van der Waals surface area contributed by atoms with Gasteiger partial charge in [0.05, 0.1) is 18.2 Å². The van der Waals surface area contributed by atoms with Crippen LogP contribution < -0.4 is 10.6 Å². The number of nitrogens with zero attached hydrogens (tertiary/aromatic N) is 1. The van der Waals surface area contributed by atoms with Crippen molar-refractivity contribution in [3.63, 3.8) is 0 Å². The fraction of sp³-hybridized carbons (Fsp3) is 0.615. The number of carbonyl (C=O) groups is 2. The summed E-state index contributed by atoms with van der Waals surface area (Å²) in [7, 11) is 0. The van der Waals surface area contributed by atoms with Crippen molar-refractivity contribution < 1.29 is 9.59 Å². The number of nitrogens with one attached hydrogen (secondary N) is 2. The third-order valence-corrected chi connectivity index (χ3v) is 3.18. The van der Waals surface area contributed by atoms with E-state index in [1.807, 2.05) is 26.2 Å². The van der Waals surface area contributed by atoms with Gasteiger partial charge in [0.25, 0.3) is 0 Å². The first-order valence-electron chi connectivity index (χ1n) is 6.20. The van der Waals surface area contributed by atoms with Crippen LogP contribution in [0.4, 0.5) is 5.13 Å². The van der Waals surface area contributed by atoms with Gasteiger partial charge >= 0.3 is 0 Å². The van der Waals surface area contributed by atoms with Crippen LogP contribution in [0.15, 0.2) is 5.38 Å². The molecule has 0 aliphatic heterocycles. The van der Waals surface area contributed by atoms with Crippen molar-refractivity contribution in [2.45, 2.75) is 52.6 Å². The number of rotatable bonds is 5. The first-order valence-corrected chi connectivity index (χ1v) is 7.08. The van der Waals surface area contributed by atoms with Crippen molar-refractivity contribution in [3.8, 4) is 0 Å². The molecule has 1 amide bonds. The number of anilines is 1. The lowest BCUT2D eigenvalue weighted by molar-refractivity contribution is -0.122. The molecule has 19 heavy (non-hydrogen) atoms. The average molecular weight is 283 g/mol. The normalized spacial score (nSPS) is 12.9. The summed E-state index contributed by atoms with van der Waals surface area (Å²) >= 11 is 1.40. The summed E-state index contributed by atoms with van der Waals surface area (Å²) in [5, 5.41) is 8.40. The largest absolute Gasteiger partial charge is 0.352 e. The van der Waals surface area contributed by atoms with E-state index in [1.165, 1.54) is 18.3 Å². The second-order valence-electron chi connectivity index (χ2n) is 5.60. The fourth-order valence-corrected chi connectivity index (χ4v) is 2.17. The van der Waals surface area contributed by atoms with E-state index in [0.29, 0.717) is 10.8 Å². The maximum absolute atomic E-state index is 11.7. The molecule has 1 unspecified atom stereocenters. The van der Waals surface area contributed by atoms with E-state index in [9.17, 15) is 9.59 Å². The lowest BCUT2D eigenvalue weighted by Crippen LogP contribution is -2.41. The molecule has 0 aliphatic rings. The Morgan fingerprint density at radius 1 is 1.42 bits per heavy atom. The lowest BCUT2D eigenvalue weighted by Gasteiger charge is -2.20. The van der Waals surface area contributed by atoms with Crippen molar-refractivity contribution >= 4 is 28.2 Å². The molecule has 1 aromatic rings. The molecule has 0 radical (unpaired) electrons. The summed E-state index contributed by atoms with van der Waals surface area (Å²) in [6.45, 7) is 9.13. The molecule has 0 spiro atoms. The number of aromatic nitrogens is 1. The predicted octanol–water partition coefficient (Wildman–Crippen LogP) is 1.99. The number of hydrogen-bond donors (Lipinski definition) is 2. The molecular weight excluding hydrogens is 262 g/mol. The van der Waals surface area contributed by atoms with E-state index in [2.05, 4.69) is 15.6 Å². The van der Waals surface area contributed by atoms with Crippen LogP contribution in [0.25, 0.3) is 0 Å². The quantitative estimate of drug-likeness (QED) is 0.867. The van der Waals surface area contributed by atoms with Crippen LogP contribution in [0.3, 0.4) is 0 Å². The number of carbonyl (C=O) groups excluding carboxylic acids is 2. The van der Waals surface area contributed by atoms with Crippen LogP contribution >= 0.6 is 11.3 Å². The molecule has 5 nitrogen and oxygen atoms in total. The Morgan fingerprint density at radius 3 is 2.58 bits per heavy atom. The Morgan fingerprint density at radius 2 is 2.05 bits per heavy atom. The van der Waals surface area contributed by atoms with Gasteiger partial charge in [-0.2, -0.15) is 0 Å². The first-order chi connectivity index (χ1) is 8.67. The van der Waals surface area contributed by atoms with Gasteiger partial charge in [-0.3, -0.25) is 9.59 Å². The summed E-state index contributed by atoms with van der Waals surface area (Å²) < 4.78 is 0. The molecular formula is C13H21N3O2S. The van der Waals surface area contributed by atoms with E-state index >= 15 is 0 Å². The Kier molecular flexibility index (Phi) is 5.05. The zero-order valence-corrected chi connectivity index (χ0v) is 12.9. The standard InChI is InChI=1S/C13H21N3O2S/c1-8(9(2)17)14-12-15-10(7-19-12)6-11(18)16-13(3,4)5/h7-8H,6H2,1-5H3,(H,14,15)(H,16,18). The fourth-order valence-electron chi connectivity index (χ4n) is 1.37. The number of hydrogen-bond acceptors (Lipinski definition) is 5. The minimum Gasteiger partial charge on any atom is -0.352 e. The van der Waals surface area contributed by atoms with Crippen LogP contribution in [0.1, 0.15) is 40.3 Å². The highest BCUT2D eigenvalue weighted by Gasteiger charge is 2.16. The summed E-state index contributed by atoms with van der Waals surface area (Å²) in [5.74, 6) is 0.00573. The maximum atomic E-state index is 11.7. The SMILES string of the molecule is CC(=O)C(C)Nc1nc(CC(=O)NC(C)(C)C)cs1. The summed E-state index contributed by atoms with van der Waals surface area (Å²) in [6, 6.07) is -0.262. The van der Waals surface area contributed by atoms with Crippen LogP contribution in [0, 0.1) is 0 Å². The minimum absolute atomic E-state index is 0.0519. The highest BCUT2D eigenvalue weighted by molar-refractivity contribution is 7.13. The van der Waals surface area contributed by atoms with Crippen molar-refractivity contribution in [1.29, 1.82) is 0 Å². The van der Waals surface area contributed by atoms with Crippen LogP contribution in [0.2, 0.25) is 0 Å². The highest BCUT2D eigenvalue weighted by Crippen LogP contribution is 2.17. The van der Waals surface area contributed by atoms with Gasteiger partial charge in [-0.15, -0.1) is 11.3 Å². The van der Waals surface area contributed by atoms with E-state index in [4.69, 9.17) is 0 Å². The van der Waals surface area contributed by atoms with Crippen molar-refractivity contribution in [1.82, 2.24) is 10.3 Å². The van der Waals surface area contributed by atoms with Gasteiger partial charge in [-0.1, -0.05) is 0 Å². The summed E-state index contributed by atoms with van der Waals surface area (Å²) in [4.78, 5) is 27.2. The summed E-state index contributed by atoms with van der Waals surface area (Å²) in [5.41, 5.74) is 0.474. The van der Waals surface area contributed by atoms with Crippen molar-refractivity contribution in [2.24, 2.45) is 0 Å².